The van der Waals surface area contributed by atoms with Gasteiger partial charge in [0.1, 0.15) is 0 Å². The zero-order valence-electron chi connectivity index (χ0n) is 10.3. The Morgan fingerprint density at radius 3 is 2.53 bits per heavy atom. The van der Waals surface area contributed by atoms with Crippen LogP contribution in [-0.4, -0.2) is 5.11 Å². The highest BCUT2D eigenvalue weighted by Crippen LogP contribution is 2.40. The van der Waals surface area contributed by atoms with Crippen molar-refractivity contribution in [1.29, 1.82) is 0 Å². The molecule has 0 radical (unpaired) electrons. The summed E-state index contributed by atoms with van der Waals surface area (Å²) in [6.45, 7) is 1.97. The Kier molecular flexibility index (Phi) is 3.38. The SMILES string of the molecule is CCc1cc(F)c(O)c(C2(N)CCCCC2)c1. The third-order valence-corrected chi connectivity index (χ3v) is 3.81. The van der Waals surface area contributed by atoms with Crippen LogP contribution in [0.4, 0.5) is 4.39 Å². The van der Waals surface area contributed by atoms with Crippen molar-refractivity contribution in [3.8, 4) is 5.75 Å². The van der Waals surface area contributed by atoms with Gasteiger partial charge in [-0.1, -0.05) is 32.3 Å². The Hall–Kier alpha value is -1.09. The van der Waals surface area contributed by atoms with Crippen LogP contribution in [0, 0.1) is 5.82 Å². The molecule has 0 unspecified atom stereocenters. The van der Waals surface area contributed by atoms with Crippen molar-refractivity contribution in [2.75, 3.05) is 0 Å². The number of aryl methyl sites for hydroxylation is 1. The summed E-state index contributed by atoms with van der Waals surface area (Å²) >= 11 is 0. The molecule has 2 rings (SSSR count). The van der Waals surface area contributed by atoms with Crippen LogP contribution in [0.3, 0.4) is 0 Å². The summed E-state index contributed by atoms with van der Waals surface area (Å²) in [6, 6.07) is 3.26. The summed E-state index contributed by atoms with van der Waals surface area (Å²) in [6.07, 6.45) is 5.68. The molecule has 0 amide bonds. The van der Waals surface area contributed by atoms with Crippen molar-refractivity contribution in [3.05, 3.63) is 29.1 Å². The molecule has 2 nitrogen and oxygen atoms in total. The summed E-state index contributed by atoms with van der Waals surface area (Å²) in [7, 11) is 0. The fraction of sp³-hybridized carbons (Fsp3) is 0.571. The van der Waals surface area contributed by atoms with E-state index in [1.807, 2.05) is 13.0 Å². The van der Waals surface area contributed by atoms with Gasteiger partial charge in [0.05, 0.1) is 0 Å². The van der Waals surface area contributed by atoms with E-state index in [-0.39, 0.29) is 5.75 Å². The van der Waals surface area contributed by atoms with Crippen LogP contribution in [0.2, 0.25) is 0 Å². The first-order valence-electron chi connectivity index (χ1n) is 6.37. The number of aromatic hydroxyl groups is 1. The number of phenols is 1. The normalized spacial score (nSPS) is 19.2. The number of rotatable bonds is 2. The first-order chi connectivity index (χ1) is 8.07. The van der Waals surface area contributed by atoms with Gasteiger partial charge >= 0.3 is 0 Å². The Morgan fingerprint density at radius 2 is 1.94 bits per heavy atom. The van der Waals surface area contributed by atoms with Gasteiger partial charge in [0, 0.05) is 11.1 Å². The van der Waals surface area contributed by atoms with Gasteiger partial charge < -0.3 is 10.8 Å². The zero-order valence-corrected chi connectivity index (χ0v) is 10.3. The third kappa shape index (κ3) is 2.29. The zero-order chi connectivity index (χ0) is 12.5. The molecule has 94 valence electrons. The van der Waals surface area contributed by atoms with E-state index in [0.29, 0.717) is 5.56 Å². The van der Waals surface area contributed by atoms with Crippen molar-refractivity contribution in [2.24, 2.45) is 5.73 Å². The molecule has 3 N–H and O–H groups in total. The summed E-state index contributed by atoms with van der Waals surface area (Å²) in [4.78, 5) is 0. The summed E-state index contributed by atoms with van der Waals surface area (Å²) in [5.74, 6) is -0.804. The van der Waals surface area contributed by atoms with E-state index in [9.17, 15) is 9.50 Å². The van der Waals surface area contributed by atoms with Gasteiger partial charge in [0.15, 0.2) is 11.6 Å². The lowest BCUT2D eigenvalue weighted by molar-refractivity contribution is 0.288. The summed E-state index contributed by atoms with van der Waals surface area (Å²) < 4.78 is 13.6. The van der Waals surface area contributed by atoms with E-state index in [1.54, 1.807) is 0 Å². The number of nitrogens with two attached hydrogens (primary N) is 1. The van der Waals surface area contributed by atoms with Crippen molar-refractivity contribution in [3.63, 3.8) is 0 Å². The molecule has 0 aromatic heterocycles. The van der Waals surface area contributed by atoms with Crippen LogP contribution in [0.25, 0.3) is 0 Å². The standard InChI is InChI=1S/C14H20FNO/c1-2-10-8-11(13(17)12(15)9-10)14(16)6-4-3-5-7-14/h8-9,17H,2-7,16H2,1H3. The second kappa shape index (κ2) is 4.65. The molecule has 1 fully saturated rings. The molecular weight excluding hydrogens is 217 g/mol. The highest BCUT2D eigenvalue weighted by atomic mass is 19.1. The highest BCUT2D eigenvalue weighted by Gasteiger charge is 2.33. The van der Waals surface area contributed by atoms with E-state index in [2.05, 4.69) is 0 Å². The maximum atomic E-state index is 13.6. The van der Waals surface area contributed by atoms with E-state index >= 15 is 0 Å². The minimum Gasteiger partial charge on any atom is -0.505 e. The van der Waals surface area contributed by atoms with E-state index in [1.165, 1.54) is 12.5 Å². The fourth-order valence-electron chi connectivity index (χ4n) is 2.69. The second-order valence-electron chi connectivity index (χ2n) is 5.04. The highest BCUT2D eigenvalue weighted by molar-refractivity contribution is 5.42. The number of hydrogen-bond acceptors (Lipinski definition) is 2. The molecule has 0 heterocycles. The van der Waals surface area contributed by atoms with E-state index in [0.717, 1.165) is 37.7 Å². The van der Waals surface area contributed by atoms with Gasteiger partial charge in [-0.15, -0.1) is 0 Å². The van der Waals surface area contributed by atoms with Crippen molar-refractivity contribution in [2.45, 2.75) is 51.0 Å². The molecule has 1 aromatic carbocycles. The predicted octanol–water partition coefficient (Wildman–Crippen LogP) is 3.21. The molecule has 0 aliphatic heterocycles. The van der Waals surface area contributed by atoms with Gasteiger partial charge in [-0.25, -0.2) is 4.39 Å². The largest absolute Gasteiger partial charge is 0.505 e. The monoisotopic (exact) mass is 237 g/mol. The van der Waals surface area contributed by atoms with E-state index < -0.39 is 11.4 Å². The molecular formula is C14H20FNO. The lowest BCUT2D eigenvalue weighted by Crippen LogP contribution is -2.38. The summed E-state index contributed by atoms with van der Waals surface area (Å²) in [5, 5.41) is 9.88. The number of hydrogen-bond donors (Lipinski definition) is 2. The maximum Gasteiger partial charge on any atom is 0.165 e. The van der Waals surface area contributed by atoms with Gasteiger partial charge in [-0.2, -0.15) is 0 Å². The van der Waals surface area contributed by atoms with Gasteiger partial charge in [-0.3, -0.25) is 0 Å². The topological polar surface area (TPSA) is 46.2 Å². The molecule has 17 heavy (non-hydrogen) atoms. The van der Waals surface area contributed by atoms with Gasteiger partial charge in [-0.05, 0) is 30.9 Å². The minimum atomic E-state index is -0.547. The number of phenolic OH excluding ortho intramolecular Hbond substituents is 1. The molecule has 1 aliphatic rings. The minimum absolute atomic E-state index is 0.258. The molecule has 0 bridgehead atoms. The molecule has 1 saturated carbocycles. The average Bonchev–Trinajstić information content (AvgIpc) is 2.33. The molecule has 0 spiro atoms. The lowest BCUT2D eigenvalue weighted by atomic mass is 9.76. The van der Waals surface area contributed by atoms with Crippen molar-refractivity contribution in [1.82, 2.24) is 0 Å². The Bertz CT molecular complexity index is 411. The fourth-order valence-corrected chi connectivity index (χ4v) is 2.69. The first kappa shape index (κ1) is 12.4. The third-order valence-electron chi connectivity index (χ3n) is 3.81. The molecule has 1 aromatic rings. The molecule has 3 heteroatoms. The van der Waals surface area contributed by atoms with Crippen LogP contribution >= 0.6 is 0 Å². The average molecular weight is 237 g/mol. The summed E-state index contributed by atoms with van der Waals surface area (Å²) in [5.41, 5.74) is 7.29. The molecule has 0 saturated heterocycles. The van der Waals surface area contributed by atoms with Crippen LogP contribution in [0.1, 0.15) is 50.2 Å². The van der Waals surface area contributed by atoms with Crippen LogP contribution in [0.5, 0.6) is 5.75 Å². The van der Waals surface area contributed by atoms with Crippen molar-refractivity contribution < 1.29 is 9.50 Å². The lowest BCUT2D eigenvalue weighted by Gasteiger charge is -2.34. The van der Waals surface area contributed by atoms with Crippen LogP contribution in [0.15, 0.2) is 12.1 Å². The molecule has 0 atom stereocenters. The maximum absolute atomic E-state index is 13.6. The molecule has 1 aliphatic carbocycles. The Morgan fingerprint density at radius 1 is 1.29 bits per heavy atom. The first-order valence-corrected chi connectivity index (χ1v) is 6.37. The smallest absolute Gasteiger partial charge is 0.165 e. The predicted molar refractivity (Wildman–Crippen MR) is 66.4 cm³/mol. The second-order valence-corrected chi connectivity index (χ2v) is 5.04. The van der Waals surface area contributed by atoms with E-state index in [4.69, 9.17) is 5.73 Å². The number of benzene rings is 1. The van der Waals surface area contributed by atoms with Gasteiger partial charge in [0.2, 0.25) is 0 Å². The van der Waals surface area contributed by atoms with Crippen LogP contribution in [-0.2, 0) is 12.0 Å². The number of halogens is 1. The Labute approximate surface area is 102 Å². The van der Waals surface area contributed by atoms with Crippen molar-refractivity contribution >= 4 is 0 Å². The Balaban J connectivity index is 2.45. The van der Waals surface area contributed by atoms with Crippen LogP contribution < -0.4 is 5.73 Å². The quantitative estimate of drug-likeness (QED) is 0.829. The van der Waals surface area contributed by atoms with Gasteiger partial charge in [0.25, 0.3) is 0 Å².